The molecule has 0 spiro atoms. The number of ether oxygens (including phenoxy) is 1. The second kappa shape index (κ2) is 9.48. The van der Waals surface area contributed by atoms with E-state index < -0.39 is 5.91 Å². The lowest BCUT2D eigenvalue weighted by molar-refractivity contribution is 0.0947. The highest BCUT2D eigenvalue weighted by molar-refractivity contribution is 5.99. The van der Waals surface area contributed by atoms with Crippen LogP contribution in [0.4, 0.5) is 0 Å². The Kier molecular flexibility index (Phi) is 6.54. The van der Waals surface area contributed by atoms with Gasteiger partial charge in [0.2, 0.25) is 5.91 Å². The molecule has 3 rings (SSSR count). The van der Waals surface area contributed by atoms with Crippen molar-refractivity contribution in [1.29, 1.82) is 0 Å². The highest BCUT2D eigenvalue weighted by Crippen LogP contribution is 2.12. The van der Waals surface area contributed by atoms with Crippen LogP contribution in [0.15, 0.2) is 78.9 Å². The molecule has 0 heterocycles. The number of rotatable bonds is 8. The average Bonchev–Trinajstić information content (AvgIpc) is 2.73. The Balaban J connectivity index is 1.59. The molecule has 0 saturated carbocycles. The van der Waals surface area contributed by atoms with E-state index in [4.69, 9.17) is 10.5 Å². The third-order valence-electron chi connectivity index (χ3n) is 4.34. The number of carbonyl (C=O) groups excluding carboxylic acids is 2. The molecule has 0 unspecified atom stereocenters. The minimum Gasteiger partial charge on any atom is -0.372 e. The normalized spacial score (nSPS) is 10.4. The lowest BCUT2D eigenvalue weighted by atomic mass is 10.1. The molecule has 0 saturated heterocycles. The summed E-state index contributed by atoms with van der Waals surface area (Å²) < 4.78 is 5.82. The van der Waals surface area contributed by atoms with Crippen LogP contribution in [0.25, 0.3) is 0 Å². The summed E-state index contributed by atoms with van der Waals surface area (Å²) in [7, 11) is 0. The van der Waals surface area contributed by atoms with Crippen molar-refractivity contribution in [2.24, 2.45) is 5.73 Å². The molecule has 2 amide bonds. The smallest absolute Gasteiger partial charge is 0.251 e. The van der Waals surface area contributed by atoms with Gasteiger partial charge in [0.25, 0.3) is 5.91 Å². The molecule has 3 aromatic rings. The SMILES string of the molecule is NC(=O)c1cccc(C(=O)NCc2ccccc2COCc2ccccc2)c1. The number of benzene rings is 3. The van der Waals surface area contributed by atoms with Gasteiger partial charge >= 0.3 is 0 Å². The van der Waals surface area contributed by atoms with Crippen LogP contribution in [0.1, 0.15) is 37.4 Å². The fourth-order valence-corrected chi connectivity index (χ4v) is 2.82. The zero-order valence-electron chi connectivity index (χ0n) is 15.4. The number of nitrogens with two attached hydrogens (primary N) is 1. The van der Waals surface area contributed by atoms with Crippen LogP contribution in [-0.4, -0.2) is 11.8 Å². The summed E-state index contributed by atoms with van der Waals surface area (Å²) in [5.74, 6) is -0.821. The third-order valence-corrected chi connectivity index (χ3v) is 4.34. The van der Waals surface area contributed by atoms with Crippen LogP contribution in [0.2, 0.25) is 0 Å². The van der Waals surface area contributed by atoms with Gasteiger partial charge in [0, 0.05) is 17.7 Å². The first-order valence-corrected chi connectivity index (χ1v) is 9.00. The van der Waals surface area contributed by atoms with E-state index in [9.17, 15) is 9.59 Å². The summed E-state index contributed by atoms with van der Waals surface area (Å²) in [6.45, 7) is 1.35. The van der Waals surface area contributed by atoms with E-state index in [1.165, 1.54) is 6.07 Å². The molecule has 0 aliphatic rings. The average molecular weight is 374 g/mol. The molecular formula is C23H22N2O3. The van der Waals surface area contributed by atoms with Crippen LogP contribution < -0.4 is 11.1 Å². The van der Waals surface area contributed by atoms with Gasteiger partial charge in [0.05, 0.1) is 13.2 Å². The van der Waals surface area contributed by atoms with Gasteiger partial charge < -0.3 is 15.8 Å². The Morgan fingerprint density at radius 1 is 0.786 bits per heavy atom. The number of hydrogen-bond donors (Lipinski definition) is 2. The number of primary amides is 1. The van der Waals surface area contributed by atoms with Crippen LogP contribution in [0.5, 0.6) is 0 Å². The van der Waals surface area contributed by atoms with E-state index in [1.54, 1.807) is 18.2 Å². The summed E-state index contributed by atoms with van der Waals surface area (Å²) in [6.07, 6.45) is 0. The Morgan fingerprint density at radius 2 is 1.46 bits per heavy atom. The molecule has 3 aromatic carbocycles. The van der Waals surface area contributed by atoms with Crippen LogP contribution in [-0.2, 0) is 24.5 Å². The largest absolute Gasteiger partial charge is 0.372 e. The highest BCUT2D eigenvalue weighted by Gasteiger charge is 2.10. The number of amides is 2. The molecule has 0 atom stereocenters. The molecular weight excluding hydrogens is 352 g/mol. The maximum absolute atomic E-state index is 12.4. The Morgan fingerprint density at radius 3 is 2.21 bits per heavy atom. The van der Waals surface area contributed by atoms with Gasteiger partial charge in [-0.3, -0.25) is 9.59 Å². The van der Waals surface area contributed by atoms with Gasteiger partial charge in [0.1, 0.15) is 0 Å². The standard InChI is InChI=1S/C23H22N2O3/c24-22(26)18-11-6-12-19(13-18)23(27)25-14-20-9-4-5-10-21(20)16-28-15-17-7-2-1-3-8-17/h1-13H,14-16H2,(H2,24,26)(H,25,27). The maximum Gasteiger partial charge on any atom is 0.251 e. The van der Waals surface area contributed by atoms with Crippen molar-refractivity contribution in [3.63, 3.8) is 0 Å². The second-order valence-corrected chi connectivity index (χ2v) is 6.37. The van der Waals surface area contributed by atoms with E-state index >= 15 is 0 Å². The van der Waals surface area contributed by atoms with Gasteiger partial charge in [-0.1, -0.05) is 60.7 Å². The van der Waals surface area contributed by atoms with E-state index in [0.717, 1.165) is 16.7 Å². The van der Waals surface area contributed by atoms with Gasteiger partial charge in [0.15, 0.2) is 0 Å². The van der Waals surface area contributed by atoms with Gasteiger partial charge in [-0.15, -0.1) is 0 Å². The summed E-state index contributed by atoms with van der Waals surface area (Å²) >= 11 is 0. The minimum absolute atomic E-state index is 0.261. The highest BCUT2D eigenvalue weighted by atomic mass is 16.5. The number of hydrogen-bond acceptors (Lipinski definition) is 3. The Labute approximate surface area is 164 Å². The van der Waals surface area contributed by atoms with Crippen LogP contribution >= 0.6 is 0 Å². The third kappa shape index (κ3) is 5.28. The second-order valence-electron chi connectivity index (χ2n) is 6.37. The molecule has 0 aliphatic heterocycles. The number of nitrogens with one attached hydrogen (secondary N) is 1. The first kappa shape index (κ1) is 19.3. The van der Waals surface area contributed by atoms with Crippen molar-refractivity contribution in [1.82, 2.24) is 5.32 Å². The Bertz CT molecular complexity index is 955. The molecule has 0 fully saturated rings. The van der Waals surface area contributed by atoms with E-state index in [2.05, 4.69) is 5.32 Å². The van der Waals surface area contributed by atoms with Crippen LogP contribution in [0, 0.1) is 0 Å². The lowest BCUT2D eigenvalue weighted by Crippen LogP contribution is -2.24. The fraction of sp³-hybridized carbons (Fsp3) is 0.130. The first-order chi connectivity index (χ1) is 13.6. The van der Waals surface area contributed by atoms with E-state index in [-0.39, 0.29) is 5.91 Å². The lowest BCUT2D eigenvalue weighted by Gasteiger charge is -2.12. The zero-order chi connectivity index (χ0) is 19.8. The molecule has 5 heteroatoms. The summed E-state index contributed by atoms with van der Waals surface area (Å²) in [5.41, 5.74) is 9.09. The van der Waals surface area contributed by atoms with Gasteiger partial charge in [-0.2, -0.15) is 0 Å². The van der Waals surface area contributed by atoms with Crippen molar-refractivity contribution >= 4 is 11.8 Å². The molecule has 142 valence electrons. The topological polar surface area (TPSA) is 81.4 Å². The minimum atomic E-state index is -0.560. The van der Waals surface area contributed by atoms with Crippen molar-refractivity contribution in [2.75, 3.05) is 0 Å². The van der Waals surface area contributed by atoms with Gasteiger partial charge in [-0.05, 0) is 34.9 Å². The molecule has 3 N–H and O–H groups in total. The first-order valence-electron chi connectivity index (χ1n) is 9.00. The molecule has 0 aromatic heterocycles. The van der Waals surface area contributed by atoms with Gasteiger partial charge in [-0.25, -0.2) is 0 Å². The fourth-order valence-electron chi connectivity index (χ4n) is 2.82. The molecule has 0 radical (unpaired) electrons. The van der Waals surface area contributed by atoms with Crippen LogP contribution in [0.3, 0.4) is 0 Å². The predicted molar refractivity (Wildman–Crippen MR) is 108 cm³/mol. The summed E-state index contributed by atoms with van der Waals surface area (Å²) in [6, 6.07) is 24.2. The molecule has 0 aliphatic carbocycles. The van der Waals surface area contributed by atoms with Crippen molar-refractivity contribution < 1.29 is 14.3 Å². The number of carbonyl (C=O) groups is 2. The zero-order valence-corrected chi connectivity index (χ0v) is 15.4. The summed E-state index contributed by atoms with van der Waals surface area (Å²) in [4.78, 5) is 23.7. The van der Waals surface area contributed by atoms with E-state index in [1.807, 2.05) is 54.6 Å². The summed E-state index contributed by atoms with van der Waals surface area (Å²) in [5, 5.41) is 2.88. The maximum atomic E-state index is 12.4. The van der Waals surface area contributed by atoms with Crippen molar-refractivity contribution in [3.8, 4) is 0 Å². The molecule has 28 heavy (non-hydrogen) atoms. The predicted octanol–water partition coefficient (Wildman–Crippen LogP) is 3.43. The van der Waals surface area contributed by atoms with Crippen molar-refractivity contribution in [3.05, 3.63) is 107 Å². The Hall–Kier alpha value is -3.44. The molecule has 0 bridgehead atoms. The quantitative estimate of drug-likeness (QED) is 0.634. The van der Waals surface area contributed by atoms with Crippen molar-refractivity contribution in [2.45, 2.75) is 19.8 Å². The van der Waals surface area contributed by atoms with E-state index in [0.29, 0.717) is 30.9 Å². The monoisotopic (exact) mass is 374 g/mol. The molecule has 5 nitrogen and oxygen atoms in total.